The second-order valence-corrected chi connectivity index (χ2v) is 17.6. The van der Waals surface area contributed by atoms with Crippen LogP contribution in [0.25, 0.3) is 0 Å². The van der Waals surface area contributed by atoms with E-state index >= 15 is 0 Å². The molecule has 0 radical (unpaired) electrons. The van der Waals surface area contributed by atoms with Gasteiger partial charge in [-0.2, -0.15) is 33.2 Å². The number of aromatic nitrogens is 6. The molecule has 8 rings (SSSR count). The molecule has 0 saturated carbocycles. The summed E-state index contributed by atoms with van der Waals surface area (Å²) in [6.07, 6.45) is 16.9. The number of nitrogens with one attached hydrogen (secondary N) is 2. The number of carbonyl (C=O) groups excluding carboxylic acids is 2. The van der Waals surface area contributed by atoms with Crippen molar-refractivity contribution in [3.8, 4) is 0 Å². The lowest BCUT2D eigenvalue weighted by Gasteiger charge is -2.16. The van der Waals surface area contributed by atoms with Crippen LogP contribution in [0.2, 0.25) is 0 Å². The summed E-state index contributed by atoms with van der Waals surface area (Å²) in [4.78, 5) is 29.5. The van der Waals surface area contributed by atoms with Crippen LogP contribution in [0, 0.1) is 0 Å². The molecule has 0 aliphatic heterocycles. The monoisotopic (exact) mass is 778 g/mol. The molecule has 54 heavy (non-hydrogen) atoms. The Bertz CT molecular complexity index is 2280. The number of rotatable bonds is 7. The van der Waals surface area contributed by atoms with E-state index in [0.717, 1.165) is 99.1 Å². The molecule has 0 saturated heterocycles. The lowest BCUT2D eigenvalue weighted by molar-refractivity contribution is 0.256. The minimum Gasteiger partial charge on any atom is -0.307 e. The number of sulfonamides is 2. The second-order valence-electron chi connectivity index (χ2n) is 14.4. The van der Waals surface area contributed by atoms with Crippen molar-refractivity contribution in [2.75, 3.05) is 5.32 Å². The molecule has 0 spiro atoms. The molecule has 2 amide bonds. The van der Waals surface area contributed by atoms with Crippen molar-refractivity contribution < 1.29 is 26.4 Å². The van der Waals surface area contributed by atoms with Crippen LogP contribution in [-0.4, -0.2) is 58.9 Å². The van der Waals surface area contributed by atoms with Crippen LogP contribution < -0.4 is 15.2 Å². The van der Waals surface area contributed by atoms with Gasteiger partial charge in [0.2, 0.25) is 16.1 Å². The molecule has 18 heteroatoms. The summed E-state index contributed by atoms with van der Waals surface area (Å²) in [7, 11) is -7.79. The average Bonchev–Trinajstić information content (AvgIpc) is 3.96. The van der Waals surface area contributed by atoms with Crippen LogP contribution in [0.5, 0.6) is 0 Å². The molecule has 16 nitrogen and oxygen atoms in total. The van der Waals surface area contributed by atoms with E-state index in [0.29, 0.717) is 0 Å². The number of hydrogen-bond donors (Lipinski definition) is 3. The summed E-state index contributed by atoms with van der Waals surface area (Å²) >= 11 is 0. The van der Waals surface area contributed by atoms with Crippen LogP contribution in [0.3, 0.4) is 0 Å². The van der Waals surface area contributed by atoms with Crippen LogP contribution in [0.15, 0.2) is 39.6 Å². The molecule has 0 unspecified atom stereocenters. The van der Waals surface area contributed by atoms with Crippen molar-refractivity contribution in [2.45, 2.75) is 127 Å². The van der Waals surface area contributed by atoms with Gasteiger partial charge in [0.1, 0.15) is 0 Å². The average molecular weight is 779 g/mol. The number of fused-ring (bicyclic) bond motifs is 4. The smallest absolute Gasteiger partial charge is 0.307 e. The molecule has 288 valence electrons. The zero-order valence-corrected chi connectivity index (χ0v) is 32.6. The maximum absolute atomic E-state index is 12.5. The number of aryl methyl sites for hydroxylation is 4. The number of anilines is 1. The van der Waals surface area contributed by atoms with Gasteiger partial charge in [-0.25, -0.2) is 27.9 Å². The van der Waals surface area contributed by atoms with E-state index in [-0.39, 0.29) is 22.1 Å². The first kappa shape index (κ1) is 38.9. The first-order valence-electron chi connectivity index (χ1n) is 18.3. The third-order valence-electron chi connectivity index (χ3n) is 10.0. The van der Waals surface area contributed by atoms with Crippen molar-refractivity contribution in [3.63, 3.8) is 0 Å². The third-order valence-corrected chi connectivity index (χ3v) is 12.0. The van der Waals surface area contributed by atoms with Gasteiger partial charge < -0.3 is 5.32 Å². The quantitative estimate of drug-likeness (QED) is 0.176. The van der Waals surface area contributed by atoms with Crippen molar-refractivity contribution in [1.82, 2.24) is 34.7 Å². The molecule has 4 aliphatic carbocycles. The van der Waals surface area contributed by atoms with Gasteiger partial charge in [-0.05, 0) is 149 Å². The number of isocyanates is 1. The molecule has 4 aliphatic rings. The summed E-state index contributed by atoms with van der Waals surface area (Å²) in [5, 5.41) is 22.4. The number of aliphatic imine (C=N–C) groups is 1. The molecule has 2 heterocycles. The number of carbonyl (C=O) groups is 1. The Morgan fingerprint density at radius 2 is 1.15 bits per heavy atom. The molecule has 4 N–H and O–H groups in total. The highest BCUT2D eigenvalue weighted by Gasteiger charge is 2.28. The highest BCUT2D eigenvalue weighted by molar-refractivity contribution is 7.90. The summed E-state index contributed by atoms with van der Waals surface area (Å²) < 4.78 is 48.4. The van der Waals surface area contributed by atoms with Crippen LogP contribution in [-0.2, 0) is 76.2 Å². The summed E-state index contributed by atoms with van der Waals surface area (Å²) in [5.74, 6) is 0. The van der Waals surface area contributed by atoms with E-state index < -0.39 is 26.1 Å². The highest BCUT2D eigenvalue weighted by Crippen LogP contribution is 2.40. The number of primary sulfonamides is 1. The maximum atomic E-state index is 12.5. The number of nitrogens with zero attached hydrogens (tertiary/aromatic N) is 7. The van der Waals surface area contributed by atoms with Crippen molar-refractivity contribution in [3.05, 3.63) is 69.0 Å². The van der Waals surface area contributed by atoms with Crippen molar-refractivity contribution in [1.29, 1.82) is 0 Å². The number of benzene rings is 2. The Morgan fingerprint density at radius 1 is 0.722 bits per heavy atom. The van der Waals surface area contributed by atoms with Crippen LogP contribution in [0.1, 0.15) is 110 Å². The Hall–Kier alpha value is -4.77. The van der Waals surface area contributed by atoms with Gasteiger partial charge in [0.25, 0.3) is 20.0 Å². The fourth-order valence-electron chi connectivity index (χ4n) is 7.52. The molecular weight excluding hydrogens is 733 g/mol. The van der Waals surface area contributed by atoms with Crippen molar-refractivity contribution in [2.24, 2.45) is 10.1 Å². The zero-order chi connectivity index (χ0) is 38.8. The third kappa shape index (κ3) is 8.46. The largest absolute Gasteiger partial charge is 0.333 e. The van der Waals surface area contributed by atoms with E-state index in [2.05, 4.69) is 47.6 Å². The first-order valence-corrected chi connectivity index (χ1v) is 21.3. The van der Waals surface area contributed by atoms with Gasteiger partial charge in [0.05, 0.1) is 30.2 Å². The molecular formula is C36H46N10O6S2. The summed E-state index contributed by atoms with van der Waals surface area (Å²) in [6.45, 7) is 7.36. The lowest BCUT2D eigenvalue weighted by atomic mass is 9.99. The molecule has 2 aromatic carbocycles. The number of hydrogen-bond acceptors (Lipinski definition) is 11. The van der Waals surface area contributed by atoms with Crippen molar-refractivity contribution >= 4 is 43.5 Å². The summed E-state index contributed by atoms with van der Waals surface area (Å²) in [6, 6.07) is 3.80. The molecule has 4 aromatic rings. The normalized spacial score (nSPS) is 15.3. The van der Waals surface area contributed by atoms with Gasteiger partial charge in [-0.1, -0.05) is 12.1 Å². The first-order chi connectivity index (χ1) is 25.7. The predicted octanol–water partition coefficient (Wildman–Crippen LogP) is 4.48. The van der Waals surface area contributed by atoms with Crippen LogP contribution in [0.4, 0.5) is 16.2 Å². The highest BCUT2D eigenvalue weighted by atomic mass is 32.2. The van der Waals surface area contributed by atoms with E-state index in [9.17, 15) is 26.4 Å². The maximum Gasteiger partial charge on any atom is 0.333 e. The Balaban J connectivity index is 0.000000154. The van der Waals surface area contributed by atoms with Gasteiger partial charge in [0.15, 0.2) is 0 Å². The fraction of sp³-hybridized carbons (Fsp3) is 0.500. The lowest BCUT2D eigenvalue weighted by Crippen LogP contribution is -2.35. The van der Waals surface area contributed by atoms with E-state index in [1.807, 2.05) is 27.7 Å². The Kier molecular flexibility index (Phi) is 11.5. The van der Waals surface area contributed by atoms with Gasteiger partial charge >= 0.3 is 6.03 Å². The minimum absolute atomic E-state index is 0.0282. The second kappa shape index (κ2) is 15.9. The molecule has 2 aromatic heterocycles. The van der Waals surface area contributed by atoms with Gasteiger partial charge in [-0.15, -0.1) is 10.2 Å². The number of urea groups is 1. The van der Waals surface area contributed by atoms with E-state index in [1.54, 1.807) is 6.08 Å². The zero-order valence-electron chi connectivity index (χ0n) is 30.9. The Labute approximate surface area is 315 Å². The molecule has 0 fully saturated rings. The van der Waals surface area contributed by atoms with Gasteiger partial charge in [0, 0.05) is 5.69 Å². The van der Waals surface area contributed by atoms with Gasteiger partial charge in [-0.3, -0.25) is 0 Å². The number of nitrogens with two attached hydrogens (primary N) is 1. The predicted molar refractivity (Wildman–Crippen MR) is 200 cm³/mol. The minimum atomic E-state index is -4.08. The molecule has 0 atom stereocenters. The number of amides is 2. The van der Waals surface area contributed by atoms with Crippen LogP contribution >= 0.6 is 0 Å². The molecule has 0 bridgehead atoms. The standard InChI is InChI=1S/C18H23N5O3S.C13H13NO.C5H10N4O2S/c1-11(2)23-19-10-16(21-23)27(25,26)22-18(24)20-17-14-7-3-5-12(14)9-13-6-4-8-15(13)17;15-8-14-13-11-5-1-3-9(11)7-10-4-2-6-12(10)13;1-4(2)9-7-3-5(8-9)12(6,10)11/h9-11H,3-8H2,1-2H3,(H2,20,22,24);7H,1-6H2;3-4H,1-2H3,(H2,6,10,11). The van der Waals surface area contributed by atoms with E-state index in [4.69, 9.17) is 5.14 Å². The Morgan fingerprint density at radius 3 is 1.56 bits per heavy atom. The topological polar surface area (TPSA) is 226 Å². The fourth-order valence-corrected chi connectivity index (χ4v) is 8.69. The SMILES string of the molecule is CC(C)n1ncc(S(=O)(=O)NC(=O)Nc2c3c(cc4c2CCC4)CCC3)n1.CC(C)n1ncc(S(N)(=O)=O)n1.O=C=Nc1c2c(cc3c1CCC3)CCC2. The van der Waals surface area contributed by atoms with E-state index in [1.165, 1.54) is 55.8 Å². The summed E-state index contributed by atoms with van der Waals surface area (Å²) in [5.41, 5.74) is 12.1.